The molecule has 1 atom stereocenters. The van der Waals surface area contributed by atoms with E-state index in [1.807, 2.05) is 12.1 Å². The summed E-state index contributed by atoms with van der Waals surface area (Å²) in [5.74, 6) is 0.353. The first-order valence-corrected chi connectivity index (χ1v) is 6.14. The molecule has 1 unspecified atom stereocenters. The van der Waals surface area contributed by atoms with Crippen LogP contribution in [0.15, 0.2) is 24.3 Å². The highest BCUT2D eigenvalue weighted by Gasteiger charge is 2.11. The lowest BCUT2D eigenvalue weighted by atomic mass is 10.1. The van der Waals surface area contributed by atoms with Crippen molar-refractivity contribution in [2.45, 2.75) is 39.2 Å². The van der Waals surface area contributed by atoms with E-state index >= 15 is 0 Å². The van der Waals surface area contributed by atoms with Crippen LogP contribution < -0.4 is 0 Å². The molecular weight excluding hydrogens is 198 g/mol. The third-order valence-electron chi connectivity index (χ3n) is 3.13. The van der Waals surface area contributed by atoms with E-state index < -0.39 is 0 Å². The Morgan fingerprint density at radius 3 is 2.69 bits per heavy atom. The second-order valence-electron chi connectivity index (χ2n) is 4.46. The second kappa shape index (κ2) is 6.54. The minimum absolute atomic E-state index is 0.353. The molecule has 0 heterocycles. The Kier molecular flexibility index (Phi) is 5.33. The van der Waals surface area contributed by atoms with Crippen molar-refractivity contribution in [1.29, 1.82) is 0 Å². The monoisotopic (exact) mass is 221 g/mol. The molecule has 2 nitrogen and oxygen atoms in total. The Labute approximate surface area is 98.9 Å². The molecule has 0 fully saturated rings. The fourth-order valence-corrected chi connectivity index (χ4v) is 1.84. The van der Waals surface area contributed by atoms with E-state index in [0.29, 0.717) is 11.8 Å². The van der Waals surface area contributed by atoms with Gasteiger partial charge >= 0.3 is 0 Å². The van der Waals surface area contributed by atoms with E-state index in [-0.39, 0.29) is 0 Å². The van der Waals surface area contributed by atoms with Gasteiger partial charge in [0.05, 0.1) is 0 Å². The maximum Gasteiger partial charge on any atom is 0.115 e. The minimum Gasteiger partial charge on any atom is -0.508 e. The molecule has 0 bridgehead atoms. The van der Waals surface area contributed by atoms with E-state index in [0.717, 1.165) is 6.54 Å². The Balaban J connectivity index is 2.52. The molecule has 0 aliphatic carbocycles. The zero-order valence-corrected chi connectivity index (χ0v) is 10.6. The van der Waals surface area contributed by atoms with Crippen LogP contribution in [0.3, 0.4) is 0 Å². The number of hydrogen-bond acceptors (Lipinski definition) is 2. The molecule has 0 aliphatic rings. The summed E-state index contributed by atoms with van der Waals surface area (Å²) < 4.78 is 0. The van der Waals surface area contributed by atoms with E-state index in [9.17, 15) is 5.11 Å². The van der Waals surface area contributed by atoms with Gasteiger partial charge in [0, 0.05) is 6.04 Å². The lowest BCUT2D eigenvalue weighted by Crippen LogP contribution is -2.23. The molecule has 0 saturated heterocycles. The van der Waals surface area contributed by atoms with Gasteiger partial charge in [-0.25, -0.2) is 0 Å². The highest BCUT2D eigenvalue weighted by atomic mass is 16.3. The average molecular weight is 221 g/mol. The summed E-state index contributed by atoms with van der Waals surface area (Å²) >= 11 is 0. The van der Waals surface area contributed by atoms with Crippen molar-refractivity contribution in [3.63, 3.8) is 0 Å². The first-order valence-electron chi connectivity index (χ1n) is 6.14. The van der Waals surface area contributed by atoms with Crippen molar-refractivity contribution in [3.05, 3.63) is 29.8 Å². The number of nitrogens with zero attached hydrogens (tertiary/aromatic N) is 1. The van der Waals surface area contributed by atoms with Crippen LogP contribution in [0, 0.1) is 0 Å². The summed E-state index contributed by atoms with van der Waals surface area (Å²) in [5.41, 5.74) is 1.18. The summed E-state index contributed by atoms with van der Waals surface area (Å²) in [6, 6.07) is 7.90. The fraction of sp³-hybridized carbons (Fsp3) is 0.571. The molecule has 1 rings (SSSR count). The number of unbranched alkanes of at least 4 members (excludes halogenated alkanes) is 2. The van der Waals surface area contributed by atoms with Gasteiger partial charge in [-0.15, -0.1) is 0 Å². The van der Waals surface area contributed by atoms with Crippen LogP contribution in [0.5, 0.6) is 5.75 Å². The van der Waals surface area contributed by atoms with E-state index in [4.69, 9.17) is 0 Å². The number of phenolic OH excluding ortho intramolecular Hbond substituents is 1. The van der Waals surface area contributed by atoms with Crippen LogP contribution in [-0.2, 0) is 0 Å². The molecule has 0 aliphatic heterocycles. The number of aromatic hydroxyl groups is 1. The zero-order valence-electron chi connectivity index (χ0n) is 10.6. The molecule has 1 N–H and O–H groups in total. The van der Waals surface area contributed by atoms with Crippen LogP contribution in [0.4, 0.5) is 0 Å². The van der Waals surface area contributed by atoms with Gasteiger partial charge in [0.25, 0.3) is 0 Å². The van der Waals surface area contributed by atoms with Crippen LogP contribution in [0.25, 0.3) is 0 Å². The Bertz CT molecular complexity index is 311. The first kappa shape index (κ1) is 13.0. The smallest absolute Gasteiger partial charge is 0.115 e. The molecule has 1 aromatic carbocycles. The maximum absolute atomic E-state index is 9.44. The normalized spacial score (nSPS) is 13.0. The van der Waals surface area contributed by atoms with Crippen molar-refractivity contribution in [2.24, 2.45) is 0 Å². The predicted molar refractivity (Wildman–Crippen MR) is 68.7 cm³/mol. The lowest BCUT2D eigenvalue weighted by molar-refractivity contribution is 0.255. The van der Waals surface area contributed by atoms with E-state index in [1.165, 1.54) is 24.8 Å². The molecule has 0 amide bonds. The van der Waals surface area contributed by atoms with Gasteiger partial charge < -0.3 is 5.11 Å². The Morgan fingerprint density at radius 2 is 2.06 bits per heavy atom. The Hall–Kier alpha value is -1.02. The number of rotatable bonds is 6. The quantitative estimate of drug-likeness (QED) is 0.742. The Morgan fingerprint density at radius 1 is 1.31 bits per heavy atom. The topological polar surface area (TPSA) is 23.5 Å². The average Bonchev–Trinajstić information content (AvgIpc) is 2.28. The van der Waals surface area contributed by atoms with Gasteiger partial charge in [0.1, 0.15) is 5.75 Å². The number of hydrogen-bond donors (Lipinski definition) is 1. The van der Waals surface area contributed by atoms with Gasteiger partial charge in [-0.2, -0.15) is 0 Å². The summed E-state index contributed by atoms with van der Waals surface area (Å²) in [4.78, 5) is 2.34. The summed E-state index contributed by atoms with van der Waals surface area (Å²) in [7, 11) is 2.14. The van der Waals surface area contributed by atoms with Gasteiger partial charge in [-0.1, -0.05) is 31.9 Å². The molecular formula is C14H23NO. The number of phenols is 1. The summed E-state index contributed by atoms with van der Waals surface area (Å²) in [6.07, 6.45) is 3.79. The maximum atomic E-state index is 9.44. The summed E-state index contributed by atoms with van der Waals surface area (Å²) in [6.45, 7) is 5.52. The molecule has 1 aromatic rings. The number of benzene rings is 1. The van der Waals surface area contributed by atoms with Crippen molar-refractivity contribution in [2.75, 3.05) is 13.6 Å². The van der Waals surface area contributed by atoms with Crippen LogP contribution in [-0.4, -0.2) is 23.6 Å². The van der Waals surface area contributed by atoms with Crippen LogP contribution in [0.1, 0.15) is 44.7 Å². The van der Waals surface area contributed by atoms with Gasteiger partial charge in [-0.05, 0) is 44.6 Å². The minimum atomic E-state index is 0.353. The molecule has 0 spiro atoms. The van der Waals surface area contributed by atoms with Crippen LogP contribution >= 0.6 is 0 Å². The molecule has 0 aromatic heterocycles. The van der Waals surface area contributed by atoms with Crippen molar-refractivity contribution in [3.8, 4) is 5.75 Å². The molecule has 0 radical (unpaired) electrons. The van der Waals surface area contributed by atoms with E-state index in [1.54, 1.807) is 6.07 Å². The standard InChI is InChI=1S/C14H23NO/c1-4-5-6-10-15(3)12(2)13-8-7-9-14(16)11-13/h7-9,11-12,16H,4-6,10H2,1-3H3. The summed E-state index contributed by atoms with van der Waals surface area (Å²) in [5, 5.41) is 9.44. The highest BCUT2D eigenvalue weighted by Crippen LogP contribution is 2.22. The predicted octanol–water partition coefficient (Wildman–Crippen LogP) is 3.58. The van der Waals surface area contributed by atoms with E-state index in [2.05, 4.69) is 31.9 Å². The zero-order chi connectivity index (χ0) is 12.0. The highest BCUT2D eigenvalue weighted by molar-refractivity contribution is 5.29. The third kappa shape index (κ3) is 3.86. The molecule has 90 valence electrons. The fourth-order valence-electron chi connectivity index (χ4n) is 1.84. The first-order chi connectivity index (χ1) is 7.65. The van der Waals surface area contributed by atoms with Crippen molar-refractivity contribution >= 4 is 0 Å². The molecule has 0 saturated carbocycles. The van der Waals surface area contributed by atoms with Gasteiger partial charge in [-0.3, -0.25) is 4.90 Å². The molecule has 16 heavy (non-hydrogen) atoms. The van der Waals surface area contributed by atoms with Crippen molar-refractivity contribution < 1.29 is 5.11 Å². The third-order valence-corrected chi connectivity index (χ3v) is 3.13. The van der Waals surface area contributed by atoms with Crippen LogP contribution in [0.2, 0.25) is 0 Å². The molecule has 2 heteroatoms. The second-order valence-corrected chi connectivity index (χ2v) is 4.46. The van der Waals surface area contributed by atoms with Gasteiger partial charge in [0.2, 0.25) is 0 Å². The van der Waals surface area contributed by atoms with Crippen molar-refractivity contribution in [1.82, 2.24) is 4.90 Å². The van der Waals surface area contributed by atoms with Gasteiger partial charge in [0.15, 0.2) is 0 Å². The SMILES string of the molecule is CCCCCN(C)C(C)c1cccc(O)c1. The largest absolute Gasteiger partial charge is 0.508 e. The lowest BCUT2D eigenvalue weighted by Gasteiger charge is -2.25.